The highest BCUT2D eigenvalue weighted by Gasteiger charge is 2.45. The van der Waals surface area contributed by atoms with Gasteiger partial charge in [0.1, 0.15) is 6.54 Å². The molecule has 24 heavy (non-hydrogen) atoms. The molecule has 1 aromatic rings. The zero-order valence-electron chi connectivity index (χ0n) is 13.1. The van der Waals surface area contributed by atoms with Gasteiger partial charge in [-0.3, -0.25) is 24.3 Å². The van der Waals surface area contributed by atoms with Gasteiger partial charge < -0.3 is 10.2 Å². The predicted octanol–water partition coefficient (Wildman–Crippen LogP) is -0.732. The van der Waals surface area contributed by atoms with Crippen molar-refractivity contribution >= 4 is 23.4 Å². The summed E-state index contributed by atoms with van der Waals surface area (Å²) in [6, 6.07) is 9.61. The molecule has 8 heteroatoms. The van der Waals surface area contributed by atoms with Crippen molar-refractivity contribution in [2.45, 2.75) is 6.29 Å². The van der Waals surface area contributed by atoms with Gasteiger partial charge in [0.15, 0.2) is 6.29 Å². The van der Waals surface area contributed by atoms with Crippen molar-refractivity contribution in [2.24, 2.45) is 0 Å². The summed E-state index contributed by atoms with van der Waals surface area (Å²) in [5.41, 5.74) is 3.92. The zero-order chi connectivity index (χ0) is 17.1. The molecule has 2 saturated heterocycles. The fourth-order valence-corrected chi connectivity index (χ4v) is 2.81. The van der Waals surface area contributed by atoms with Crippen LogP contribution in [0, 0.1) is 0 Å². The fraction of sp³-hybridized carbons (Fsp3) is 0.312. The largest absolute Gasteiger partial charge is 0.351 e. The smallest absolute Gasteiger partial charge is 0.326 e. The van der Waals surface area contributed by atoms with Crippen LogP contribution in [-0.4, -0.2) is 60.1 Å². The number of hydrogen-bond acceptors (Lipinski definition) is 5. The Morgan fingerprint density at radius 2 is 1.92 bits per heavy atom. The third-order valence-electron chi connectivity index (χ3n) is 3.97. The van der Waals surface area contributed by atoms with Crippen molar-refractivity contribution in [3.8, 4) is 0 Å². The van der Waals surface area contributed by atoms with Gasteiger partial charge in [0.05, 0.1) is 0 Å². The highest BCUT2D eigenvalue weighted by atomic mass is 16.2. The molecule has 126 valence electrons. The molecule has 8 nitrogen and oxygen atoms in total. The molecular weight excluding hydrogens is 310 g/mol. The van der Waals surface area contributed by atoms with Crippen LogP contribution in [0.3, 0.4) is 0 Å². The molecule has 2 aliphatic rings. The molecule has 2 fully saturated rings. The van der Waals surface area contributed by atoms with Crippen LogP contribution in [0.1, 0.15) is 0 Å². The Labute approximate surface area is 139 Å². The Hall–Kier alpha value is -2.87. The molecule has 2 heterocycles. The number of anilines is 1. The molecule has 1 aromatic carbocycles. The first kappa shape index (κ1) is 16.0. The third-order valence-corrected chi connectivity index (χ3v) is 3.97. The Morgan fingerprint density at radius 3 is 2.62 bits per heavy atom. The molecule has 2 N–H and O–H groups in total. The number of hydrogen-bond donors (Lipinski definition) is 2. The van der Waals surface area contributed by atoms with Gasteiger partial charge in [0, 0.05) is 25.3 Å². The van der Waals surface area contributed by atoms with Gasteiger partial charge in [-0.25, -0.2) is 0 Å². The maximum absolute atomic E-state index is 12.3. The van der Waals surface area contributed by atoms with Gasteiger partial charge in [0.2, 0.25) is 5.91 Å². The normalized spacial score (nSPS) is 20.2. The van der Waals surface area contributed by atoms with Crippen LogP contribution in [0.2, 0.25) is 0 Å². The quantitative estimate of drug-likeness (QED) is 0.549. The summed E-state index contributed by atoms with van der Waals surface area (Å²) >= 11 is 0. The summed E-state index contributed by atoms with van der Waals surface area (Å²) in [7, 11) is 0. The SMILES string of the molecule is C=CCNC(=O)CN1NC2N(CCN2c2ccccc2)C(=O)C1=O. The molecule has 1 unspecified atom stereocenters. The van der Waals surface area contributed by atoms with Crippen molar-refractivity contribution < 1.29 is 14.4 Å². The lowest BCUT2D eigenvalue weighted by Crippen LogP contribution is -2.68. The van der Waals surface area contributed by atoms with E-state index in [1.54, 1.807) is 6.08 Å². The standard InChI is InChI=1S/C16H19N5O3/c1-2-8-17-13(22)11-21-15(24)14(23)20-10-9-19(16(20)18-21)12-6-4-3-5-7-12/h2-7,16,18H,1,8-11H2,(H,17,22). The molecule has 2 aliphatic heterocycles. The van der Waals surface area contributed by atoms with Crippen molar-refractivity contribution in [1.29, 1.82) is 0 Å². The molecule has 0 saturated carbocycles. The van der Waals surface area contributed by atoms with Gasteiger partial charge in [-0.15, -0.1) is 6.58 Å². The highest BCUT2D eigenvalue weighted by Crippen LogP contribution is 2.24. The second-order valence-corrected chi connectivity index (χ2v) is 5.51. The van der Waals surface area contributed by atoms with E-state index in [4.69, 9.17) is 0 Å². The number of benzene rings is 1. The third kappa shape index (κ3) is 2.95. The summed E-state index contributed by atoms with van der Waals surface area (Å²) in [4.78, 5) is 39.8. The summed E-state index contributed by atoms with van der Waals surface area (Å²) in [6.45, 7) is 4.65. The number of nitrogens with zero attached hydrogens (tertiary/aromatic N) is 3. The minimum atomic E-state index is -0.727. The number of amides is 3. The topological polar surface area (TPSA) is 85.0 Å². The number of carbonyl (C=O) groups is 3. The lowest BCUT2D eigenvalue weighted by atomic mass is 10.3. The van der Waals surface area contributed by atoms with E-state index in [1.165, 1.54) is 4.90 Å². The van der Waals surface area contributed by atoms with Crippen LogP contribution >= 0.6 is 0 Å². The van der Waals surface area contributed by atoms with E-state index >= 15 is 0 Å². The Kier molecular flexibility index (Phi) is 4.48. The molecule has 0 aromatic heterocycles. The van der Waals surface area contributed by atoms with Gasteiger partial charge in [0.25, 0.3) is 0 Å². The number of carbonyl (C=O) groups excluding carboxylic acids is 3. The summed E-state index contributed by atoms with van der Waals surface area (Å²) in [6.07, 6.45) is 1.06. The first-order valence-corrected chi connectivity index (χ1v) is 7.69. The molecule has 1 atom stereocenters. The zero-order valence-corrected chi connectivity index (χ0v) is 13.1. The molecule has 3 amide bonds. The number of para-hydroxylation sites is 1. The second kappa shape index (κ2) is 6.71. The average molecular weight is 329 g/mol. The first-order chi connectivity index (χ1) is 11.6. The van der Waals surface area contributed by atoms with Gasteiger partial charge >= 0.3 is 11.8 Å². The van der Waals surface area contributed by atoms with Gasteiger partial charge in [-0.1, -0.05) is 24.3 Å². The van der Waals surface area contributed by atoms with Gasteiger partial charge in [-0.2, -0.15) is 5.43 Å². The molecule has 0 spiro atoms. The molecule has 0 bridgehead atoms. The fourth-order valence-electron chi connectivity index (χ4n) is 2.81. The number of hydrazine groups is 1. The van der Waals surface area contributed by atoms with E-state index in [0.29, 0.717) is 19.6 Å². The van der Waals surface area contributed by atoms with Crippen LogP contribution in [0.5, 0.6) is 0 Å². The summed E-state index contributed by atoms with van der Waals surface area (Å²) in [5.74, 6) is -1.69. The maximum atomic E-state index is 12.3. The summed E-state index contributed by atoms with van der Waals surface area (Å²) in [5, 5.41) is 3.66. The van der Waals surface area contributed by atoms with Crippen LogP contribution < -0.4 is 15.6 Å². The first-order valence-electron chi connectivity index (χ1n) is 7.69. The van der Waals surface area contributed by atoms with E-state index in [0.717, 1.165) is 10.7 Å². The van der Waals surface area contributed by atoms with Crippen molar-refractivity contribution in [1.82, 2.24) is 20.7 Å². The van der Waals surface area contributed by atoms with Gasteiger partial charge in [-0.05, 0) is 12.1 Å². The monoisotopic (exact) mass is 329 g/mol. The van der Waals surface area contributed by atoms with E-state index in [-0.39, 0.29) is 12.5 Å². The summed E-state index contributed by atoms with van der Waals surface area (Å²) < 4.78 is 0. The Balaban J connectivity index is 1.75. The molecular formula is C16H19N5O3. The predicted molar refractivity (Wildman–Crippen MR) is 87.3 cm³/mol. The van der Waals surface area contributed by atoms with Crippen LogP contribution in [0.15, 0.2) is 43.0 Å². The molecule has 0 radical (unpaired) electrons. The van der Waals surface area contributed by atoms with Crippen molar-refractivity contribution in [3.05, 3.63) is 43.0 Å². The lowest BCUT2D eigenvalue weighted by molar-refractivity contribution is -0.163. The van der Waals surface area contributed by atoms with Crippen LogP contribution in [-0.2, 0) is 14.4 Å². The van der Waals surface area contributed by atoms with E-state index in [2.05, 4.69) is 17.3 Å². The Bertz CT molecular complexity index is 663. The number of fused-ring (bicyclic) bond motifs is 1. The van der Waals surface area contributed by atoms with Crippen LogP contribution in [0.25, 0.3) is 0 Å². The van der Waals surface area contributed by atoms with Crippen molar-refractivity contribution in [2.75, 3.05) is 31.1 Å². The maximum Gasteiger partial charge on any atom is 0.326 e. The van der Waals surface area contributed by atoms with Crippen LogP contribution in [0.4, 0.5) is 5.69 Å². The number of rotatable bonds is 5. The molecule has 3 rings (SSSR count). The minimum Gasteiger partial charge on any atom is -0.351 e. The lowest BCUT2D eigenvalue weighted by Gasteiger charge is -2.40. The highest BCUT2D eigenvalue weighted by molar-refractivity contribution is 6.35. The second-order valence-electron chi connectivity index (χ2n) is 5.51. The molecule has 0 aliphatic carbocycles. The van der Waals surface area contributed by atoms with Crippen molar-refractivity contribution in [3.63, 3.8) is 0 Å². The average Bonchev–Trinajstić information content (AvgIpc) is 3.02. The Morgan fingerprint density at radius 1 is 1.21 bits per heavy atom. The number of nitrogens with one attached hydrogen (secondary N) is 2. The van der Waals surface area contributed by atoms with E-state index < -0.39 is 18.1 Å². The van der Waals surface area contributed by atoms with E-state index in [9.17, 15) is 14.4 Å². The van der Waals surface area contributed by atoms with E-state index in [1.807, 2.05) is 35.2 Å². The minimum absolute atomic E-state index is 0.231.